The van der Waals surface area contributed by atoms with E-state index in [-0.39, 0.29) is 6.03 Å². The summed E-state index contributed by atoms with van der Waals surface area (Å²) in [6.07, 6.45) is 6.56. The lowest BCUT2D eigenvalue weighted by atomic mass is 10.2. The second-order valence-electron chi connectivity index (χ2n) is 4.58. The Hall–Kier alpha value is -1.74. The summed E-state index contributed by atoms with van der Waals surface area (Å²) in [5.74, 6) is 1.70. The zero-order valence-electron chi connectivity index (χ0n) is 11.3. The van der Waals surface area contributed by atoms with E-state index in [1.165, 1.54) is 0 Å². The first-order chi connectivity index (χ1) is 9.06. The number of urea groups is 1. The summed E-state index contributed by atoms with van der Waals surface area (Å²) in [5.41, 5.74) is 0. The maximum Gasteiger partial charge on any atom is 0.320 e. The number of rotatable bonds is 5. The highest BCUT2D eigenvalue weighted by Gasteiger charge is 2.26. The highest BCUT2D eigenvalue weighted by molar-refractivity contribution is 5.74. The third kappa shape index (κ3) is 4.79. The van der Waals surface area contributed by atoms with Crippen molar-refractivity contribution in [3.63, 3.8) is 0 Å². The van der Waals surface area contributed by atoms with Gasteiger partial charge in [0.15, 0.2) is 0 Å². The molecule has 1 fully saturated rings. The average molecular weight is 267 g/mol. The lowest BCUT2D eigenvalue weighted by Crippen LogP contribution is -2.55. The molecular weight excluding hydrogens is 246 g/mol. The van der Waals surface area contributed by atoms with Crippen LogP contribution in [0.15, 0.2) is 0 Å². The summed E-state index contributed by atoms with van der Waals surface area (Å²) in [4.78, 5) is 26.2. The fourth-order valence-corrected chi connectivity index (χ4v) is 1.97. The number of piperazine rings is 1. The Morgan fingerprint density at radius 1 is 1.37 bits per heavy atom. The Kier molecular flexibility index (Phi) is 6.16. The number of nitrogens with one attached hydrogen (secondary N) is 1. The van der Waals surface area contributed by atoms with Gasteiger partial charge < -0.3 is 15.3 Å². The van der Waals surface area contributed by atoms with E-state index in [1.807, 2.05) is 4.90 Å². The van der Waals surface area contributed by atoms with Crippen molar-refractivity contribution in [2.24, 2.45) is 0 Å². The number of carboxylic acid groups (broad SMARTS) is 1. The third-order valence-electron chi connectivity index (χ3n) is 3.28. The Bertz CT molecular complexity index is 357. The van der Waals surface area contributed by atoms with E-state index < -0.39 is 12.0 Å². The lowest BCUT2D eigenvalue weighted by molar-refractivity contribution is -0.143. The van der Waals surface area contributed by atoms with Gasteiger partial charge in [0.1, 0.15) is 6.04 Å². The van der Waals surface area contributed by atoms with Crippen LogP contribution in [0.4, 0.5) is 4.79 Å². The van der Waals surface area contributed by atoms with E-state index in [9.17, 15) is 9.59 Å². The molecule has 1 rings (SSSR count). The van der Waals surface area contributed by atoms with Crippen LogP contribution in [0.25, 0.3) is 0 Å². The van der Waals surface area contributed by atoms with Crippen molar-refractivity contribution >= 4 is 12.0 Å². The van der Waals surface area contributed by atoms with Crippen LogP contribution in [-0.2, 0) is 4.79 Å². The Morgan fingerprint density at radius 3 is 2.53 bits per heavy atom. The first kappa shape index (κ1) is 15.3. The van der Waals surface area contributed by atoms with Gasteiger partial charge in [-0.1, -0.05) is 0 Å². The number of aliphatic carboxylic acids is 1. The number of terminal acetylenes is 1. The van der Waals surface area contributed by atoms with Crippen molar-refractivity contribution in [3.05, 3.63) is 0 Å². The van der Waals surface area contributed by atoms with E-state index in [2.05, 4.69) is 11.2 Å². The van der Waals surface area contributed by atoms with Crippen molar-refractivity contribution in [2.75, 3.05) is 32.7 Å². The number of amides is 2. The SMILES string of the molecule is C#CCCCNC(=O)N1CCN(C(C)C(=O)O)CC1. The largest absolute Gasteiger partial charge is 0.480 e. The number of carbonyl (C=O) groups is 2. The van der Waals surface area contributed by atoms with Gasteiger partial charge in [0.25, 0.3) is 0 Å². The molecule has 2 amide bonds. The monoisotopic (exact) mass is 267 g/mol. The van der Waals surface area contributed by atoms with E-state index in [1.54, 1.807) is 11.8 Å². The number of unbranched alkanes of at least 4 members (excludes halogenated alkanes) is 1. The van der Waals surface area contributed by atoms with Crippen molar-refractivity contribution < 1.29 is 14.7 Å². The first-order valence-corrected chi connectivity index (χ1v) is 6.49. The molecule has 0 bridgehead atoms. The van der Waals surface area contributed by atoms with Gasteiger partial charge in [-0.05, 0) is 13.3 Å². The van der Waals surface area contributed by atoms with Gasteiger partial charge in [0.05, 0.1) is 0 Å². The van der Waals surface area contributed by atoms with Gasteiger partial charge >= 0.3 is 12.0 Å². The van der Waals surface area contributed by atoms with E-state index >= 15 is 0 Å². The summed E-state index contributed by atoms with van der Waals surface area (Å²) < 4.78 is 0. The van der Waals surface area contributed by atoms with Crippen LogP contribution in [0.2, 0.25) is 0 Å². The van der Waals surface area contributed by atoms with Crippen LogP contribution in [-0.4, -0.2) is 65.7 Å². The average Bonchev–Trinajstić information content (AvgIpc) is 2.42. The van der Waals surface area contributed by atoms with Crippen LogP contribution in [0.3, 0.4) is 0 Å². The van der Waals surface area contributed by atoms with Gasteiger partial charge in [-0.2, -0.15) is 0 Å². The molecule has 106 valence electrons. The standard InChI is InChI=1S/C13H21N3O3/c1-3-4-5-6-14-13(19)16-9-7-15(8-10-16)11(2)12(17)18/h1,11H,4-10H2,2H3,(H,14,19)(H,17,18). The fourth-order valence-electron chi connectivity index (χ4n) is 1.97. The summed E-state index contributed by atoms with van der Waals surface area (Å²) in [5, 5.41) is 11.7. The van der Waals surface area contributed by atoms with Crippen LogP contribution in [0.5, 0.6) is 0 Å². The minimum absolute atomic E-state index is 0.0975. The topological polar surface area (TPSA) is 72.9 Å². The second-order valence-corrected chi connectivity index (χ2v) is 4.58. The molecule has 19 heavy (non-hydrogen) atoms. The summed E-state index contributed by atoms with van der Waals surface area (Å²) in [6, 6.07) is -0.597. The van der Waals surface area contributed by atoms with Crippen molar-refractivity contribution in [1.82, 2.24) is 15.1 Å². The molecule has 1 aliphatic rings. The minimum atomic E-state index is -0.827. The molecule has 1 aliphatic heterocycles. The summed E-state index contributed by atoms with van der Waals surface area (Å²) in [6.45, 7) is 4.53. The molecule has 0 aromatic carbocycles. The quantitative estimate of drug-likeness (QED) is 0.551. The highest BCUT2D eigenvalue weighted by atomic mass is 16.4. The molecule has 2 N–H and O–H groups in total. The van der Waals surface area contributed by atoms with Crippen LogP contribution in [0, 0.1) is 12.3 Å². The van der Waals surface area contributed by atoms with Crippen LogP contribution in [0.1, 0.15) is 19.8 Å². The minimum Gasteiger partial charge on any atom is -0.480 e. The van der Waals surface area contributed by atoms with Gasteiger partial charge in [-0.15, -0.1) is 12.3 Å². The van der Waals surface area contributed by atoms with Crippen LogP contribution >= 0.6 is 0 Å². The molecule has 1 heterocycles. The predicted octanol–water partition coefficient (Wildman–Crippen LogP) is 0.200. The molecule has 0 spiro atoms. The molecule has 0 aromatic rings. The smallest absolute Gasteiger partial charge is 0.320 e. The summed E-state index contributed by atoms with van der Waals surface area (Å²) >= 11 is 0. The van der Waals surface area contributed by atoms with Crippen molar-refractivity contribution in [1.29, 1.82) is 0 Å². The highest BCUT2D eigenvalue weighted by Crippen LogP contribution is 2.06. The molecule has 1 saturated heterocycles. The fraction of sp³-hybridized carbons (Fsp3) is 0.692. The number of nitrogens with zero attached hydrogens (tertiary/aromatic N) is 2. The molecule has 1 atom stereocenters. The number of carbonyl (C=O) groups excluding carboxylic acids is 1. The Balaban J connectivity index is 2.27. The molecule has 0 radical (unpaired) electrons. The third-order valence-corrected chi connectivity index (χ3v) is 3.28. The van der Waals surface area contributed by atoms with Gasteiger partial charge in [0.2, 0.25) is 0 Å². The number of hydrogen-bond acceptors (Lipinski definition) is 3. The number of carboxylic acids is 1. The molecule has 0 saturated carbocycles. The molecule has 6 heteroatoms. The number of hydrogen-bond donors (Lipinski definition) is 2. The molecule has 6 nitrogen and oxygen atoms in total. The normalized spacial score (nSPS) is 17.6. The van der Waals surface area contributed by atoms with E-state index in [0.717, 1.165) is 6.42 Å². The molecule has 0 aromatic heterocycles. The zero-order valence-corrected chi connectivity index (χ0v) is 11.3. The predicted molar refractivity (Wildman–Crippen MR) is 71.7 cm³/mol. The van der Waals surface area contributed by atoms with Crippen molar-refractivity contribution in [3.8, 4) is 12.3 Å². The lowest BCUT2D eigenvalue weighted by Gasteiger charge is -2.36. The second kappa shape index (κ2) is 7.64. The Labute approximate surface area is 113 Å². The summed E-state index contributed by atoms with van der Waals surface area (Å²) in [7, 11) is 0. The van der Waals surface area contributed by atoms with Gasteiger partial charge in [-0.3, -0.25) is 9.69 Å². The maximum absolute atomic E-state index is 11.8. The van der Waals surface area contributed by atoms with E-state index in [4.69, 9.17) is 11.5 Å². The van der Waals surface area contributed by atoms with Crippen molar-refractivity contribution in [2.45, 2.75) is 25.8 Å². The zero-order chi connectivity index (χ0) is 14.3. The van der Waals surface area contributed by atoms with Gasteiger partial charge in [-0.25, -0.2) is 4.79 Å². The molecule has 1 unspecified atom stereocenters. The molecule has 0 aliphatic carbocycles. The maximum atomic E-state index is 11.8. The van der Waals surface area contributed by atoms with Gasteiger partial charge in [0, 0.05) is 39.1 Å². The first-order valence-electron chi connectivity index (χ1n) is 6.49. The molecular formula is C13H21N3O3. The Morgan fingerprint density at radius 2 is 2.00 bits per heavy atom. The van der Waals surface area contributed by atoms with Crippen LogP contribution < -0.4 is 5.32 Å². The van der Waals surface area contributed by atoms with E-state index in [0.29, 0.717) is 39.1 Å².